The molecule has 0 aliphatic rings. The first-order chi connectivity index (χ1) is 15.0. The van der Waals surface area contributed by atoms with Gasteiger partial charge in [-0.1, -0.05) is 42.5 Å². The van der Waals surface area contributed by atoms with E-state index in [1.165, 1.54) is 35.6 Å². The topological polar surface area (TPSA) is 110 Å². The lowest BCUT2D eigenvalue weighted by atomic mass is 10.1. The highest BCUT2D eigenvalue weighted by Crippen LogP contribution is 2.27. The van der Waals surface area contributed by atoms with Crippen LogP contribution in [0.2, 0.25) is 0 Å². The van der Waals surface area contributed by atoms with Crippen molar-refractivity contribution in [3.8, 4) is 17.3 Å². The fourth-order valence-electron chi connectivity index (χ4n) is 2.90. The molecule has 0 radical (unpaired) electrons. The summed E-state index contributed by atoms with van der Waals surface area (Å²) in [5.41, 5.74) is 1.40. The second-order valence-corrected chi connectivity index (χ2v) is 7.28. The van der Waals surface area contributed by atoms with Crippen LogP contribution >= 0.6 is 11.3 Å². The van der Waals surface area contributed by atoms with E-state index >= 15 is 0 Å². The Morgan fingerprint density at radius 1 is 1.19 bits per heavy atom. The van der Waals surface area contributed by atoms with Gasteiger partial charge in [0, 0.05) is 22.9 Å². The van der Waals surface area contributed by atoms with Gasteiger partial charge in [-0.05, 0) is 23.8 Å². The molecule has 0 saturated carbocycles. The van der Waals surface area contributed by atoms with Crippen molar-refractivity contribution < 1.29 is 9.34 Å². The Hall–Kier alpha value is -4.35. The van der Waals surface area contributed by atoms with E-state index in [-0.39, 0.29) is 16.8 Å². The Morgan fingerprint density at radius 2 is 2.00 bits per heavy atom. The maximum Gasteiger partial charge on any atom is 0.345 e. The Kier molecular flexibility index (Phi) is 5.51. The number of aromatic nitrogens is 1. The molecule has 2 aromatic heterocycles. The fourth-order valence-corrected chi connectivity index (χ4v) is 3.69. The van der Waals surface area contributed by atoms with Gasteiger partial charge < -0.3 is 4.42 Å². The summed E-state index contributed by atoms with van der Waals surface area (Å²) in [5.74, 6) is 0. The number of allylic oxidation sites excluding steroid dienone is 3. The predicted octanol–water partition coefficient (Wildman–Crippen LogP) is 5.45. The van der Waals surface area contributed by atoms with Crippen molar-refractivity contribution in [3.63, 3.8) is 0 Å². The van der Waals surface area contributed by atoms with Gasteiger partial charge in [-0.3, -0.25) is 10.1 Å². The van der Waals surface area contributed by atoms with Gasteiger partial charge in [0.25, 0.3) is 5.69 Å². The first-order valence-electron chi connectivity index (χ1n) is 9.07. The lowest BCUT2D eigenvalue weighted by molar-refractivity contribution is -0.384. The molecule has 0 amide bonds. The summed E-state index contributed by atoms with van der Waals surface area (Å²) in [6, 6.07) is 17.3. The van der Waals surface area contributed by atoms with Gasteiger partial charge in [-0.2, -0.15) is 5.26 Å². The number of nitro groups is 1. The molecule has 4 rings (SSSR count). The standard InChI is InChI=1S/C23H13N3O4S/c24-13-16(8-4-7-15-5-2-1-3-6-15)22-25-20(14-31-22)19-12-17-11-18(26(28)29)9-10-21(17)30-23(19)27/h1-12,14H. The summed E-state index contributed by atoms with van der Waals surface area (Å²) in [6.07, 6.45) is 5.29. The fraction of sp³-hybridized carbons (Fsp3) is 0. The van der Waals surface area contributed by atoms with Crippen LogP contribution in [-0.4, -0.2) is 9.91 Å². The highest BCUT2D eigenvalue weighted by molar-refractivity contribution is 7.11. The molecule has 0 spiro atoms. The molecule has 150 valence electrons. The average molecular weight is 427 g/mol. The highest BCUT2D eigenvalue weighted by Gasteiger charge is 2.15. The summed E-state index contributed by atoms with van der Waals surface area (Å²) in [4.78, 5) is 27.3. The molecule has 0 aliphatic carbocycles. The molecule has 4 aromatic rings. The Balaban J connectivity index is 1.68. The number of nitrogens with zero attached hydrogens (tertiary/aromatic N) is 3. The van der Waals surface area contributed by atoms with Crippen LogP contribution in [0.15, 0.2) is 81.3 Å². The van der Waals surface area contributed by atoms with Crippen molar-refractivity contribution in [2.75, 3.05) is 0 Å². The molecule has 2 aromatic carbocycles. The molecule has 0 bridgehead atoms. The largest absolute Gasteiger partial charge is 0.422 e. The number of benzene rings is 2. The third kappa shape index (κ3) is 4.32. The van der Waals surface area contributed by atoms with Gasteiger partial charge in [0.05, 0.1) is 21.8 Å². The monoisotopic (exact) mass is 427 g/mol. The first-order valence-corrected chi connectivity index (χ1v) is 9.95. The molecule has 7 nitrogen and oxygen atoms in total. The predicted molar refractivity (Wildman–Crippen MR) is 119 cm³/mol. The summed E-state index contributed by atoms with van der Waals surface area (Å²) < 4.78 is 5.29. The molecular weight excluding hydrogens is 414 g/mol. The molecule has 0 saturated heterocycles. The van der Waals surface area contributed by atoms with Crippen molar-refractivity contribution >= 4 is 39.6 Å². The van der Waals surface area contributed by atoms with Crippen molar-refractivity contribution in [1.82, 2.24) is 4.98 Å². The second-order valence-electron chi connectivity index (χ2n) is 6.43. The zero-order chi connectivity index (χ0) is 21.8. The summed E-state index contributed by atoms with van der Waals surface area (Å²) in [6.45, 7) is 0. The number of nitriles is 1. The number of hydrogen-bond acceptors (Lipinski definition) is 7. The third-order valence-electron chi connectivity index (χ3n) is 4.41. The number of non-ortho nitro benzene ring substituents is 1. The molecule has 0 unspecified atom stereocenters. The number of fused-ring (bicyclic) bond motifs is 1. The van der Waals surface area contributed by atoms with Crippen LogP contribution in [0.1, 0.15) is 10.6 Å². The van der Waals surface area contributed by atoms with Crippen molar-refractivity contribution in [2.24, 2.45) is 0 Å². The number of nitro benzene ring substituents is 1. The van der Waals surface area contributed by atoms with Crippen LogP contribution in [0, 0.1) is 21.4 Å². The molecule has 0 fully saturated rings. The maximum atomic E-state index is 12.4. The van der Waals surface area contributed by atoms with Crippen LogP contribution in [0.5, 0.6) is 0 Å². The minimum absolute atomic E-state index is 0.105. The van der Waals surface area contributed by atoms with Crippen LogP contribution < -0.4 is 5.63 Å². The van der Waals surface area contributed by atoms with Gasteiger partial charge in [-0.15, -0.1) is 11.3 Å². The minimum Gasteiger partial charge on any atom is -0.422 e. The molecule has 2 heterocycles. The highest BCUT2D eigenvalue weighted by atomic mass is 32.1. The first kappa shape index (κ1) is 19.9. The van der Waals surface area contributed by atoms with E-state index in [9.17, 15) is 20.2 Å². The molecule has 0 aliphatic heterocycles. The smallest absolute Gasteiger partial charge is 0.345 e. The third-order valence-corrected chi connectivity index (χ3v) is 5.28. The number of thiazole rings is 1. The van der Waals surface area contributed by atoms with E-state index < -0.39 is 10.5 Å². The van der Waals surface area contributed by atoms with Gasteiger partial charge in [0.1, 0.15) is 16.7 Å². The van der Waals surface area contributed by atoms with Crippen LogP contribution in [-0.2, 0) is 0 Å². The normalized spacial score (nSPS) is 11.6. The zero-order valence-electron chi connectivity index (χ0n) is 15.9. The minimum atomic E-state index is -0.607. The maximum absolute atomic E-state index is 12.4. The van der Waals surface area contributed by atoms with Crippen molar-refractivity contribution in [3.05, 3.63) is 103 Å². The van der Waals surface area contributed by atoms with E-state index in [0.717, 1.165) is 5.56 Å². The van der Waals surface area contributed by atoms with Crippen LogP contribution in [0.4, 0.5) is 5.69 Å². The second kappa shape index (κ2) is 8.57. The molecule has 8 heteroatoms. The average Bonchev–Trinajstić information content (AvgIpc) is 3.26. The molecular formula is C23H13N3O4S. The summed E-state index contributed by atoms with van der Waals surface area (Å²) in [5, 5.41) is 23.0. The molecule has 31 heavy (non-hydrogen) atoms. The Morgan fingerprint density at radius 3 is 2.74 bits per heavy atom. The van der Waals surface area contributed by atoms with E-state index in [1.807, 2.05) is 36.4 Å². The van der Waals surface area contributed by atoms with E-state index in [0.29, 0.717) is 21.7 Å². The van der Waals surface area contributed by atoms with Crippen LogP contribution in [0.3, 0.4) is 0 Å². The SMILES string of the molecule is N#CC(=CC=Cc1ccccc1)c1nc(-c2cc3cc([N+](=O)[O-])ccc3oc2=O)cs1. The molecule has 0 atom stereocenters. The summed E-state index contributed by atoms with van der Waals surface area (Å²) in [7, 11) is 0. The van der Waals surface area contributed by atoms with Gasteiger partial charge in [0.2, 0.25) is 0 Å². The summed E-state index contributed by atoms with van der Waals surface area (Å²) >= 11 is 1.22. The zero-order valence-corrected chi connectivity index (χ0v) is 16.7. The quantitative estimate of drug-likeness (QED) is 0.138. The van der Waals surface area contributed by atoms with E-state index in [4.69, 9.17) is 4.42 Å². The van der Waals surface area contributed by atoms with Crippen molar-refractivity contribution in [2.45, 2.75) is 0 Å². The van der Waals surface area contributed by atoms with Gasteiger partial charge in [-0.25, -0.2) is 9.78 Å². The van der Waals surface area contributed by atoms with Crippen LogP contribution in [0.25, 0.3) is 33.9 Å². The van der Waals surface area contributed by atoms with E-state index in [1.54, 1.807) is 17.5 Å². The Labute approximate surface area is 180 Å². The lowest BCUT2D eigenvalue weighted by Gasteiger charge is -2.00. The van der Waals surface area contributed by atoms with E-state index in [2.05, 4.69) is 11.1 Å². The van der Waals surface area contributed by atoms with Gasteiger partial charge in [0.15, 0.2) is 0 Å². The number of rotatable bonds is 5. The Bertz CT molecular complexity index is 1440. The molecule has 0 N–H and O–H groups in total. The lowest BCUT2D eigenvalue weighted by Crippen LogP contribution is -2.03. The van der Waals surface area contributed by atoms with Crippen molar-refractivity contribution in [1.29, 1.82) is 5.26 Å². The van der Waals surface area contributed by atoms with Gasteiger partial charge >= 0.3 is 5.63 Å². The number of hydrogen-bond donors (Lipinski definition) is 0.